The van der Waals surface area contributed by atoms with Crippen LogP contribution in [0.15, 0.2) is 72.8 Å². The molecule has 3 aromatic carbocycles. The summed E-state index contributed by atoms with van der Waals surface area (Å²) in [6.07, 6.45) is 0. The van der Waals surface area contributed by atoms with Crippen molar-refractivity contribution >= 4 is 23.4 Å². The van der Waals surface area contributed by atoms with Crippen LogP contribution < -0.4 is 20.9 Å². The van der Waals surface area contributed by atoms with E-state index in [1.807, 2.05) is 19.1 Å². The van der Waals surface area contributed by atoms with Gasteiger partial charge in [-0.2, -0.15) is 0 Å². The minimum atomic E-state index is -0.511. The molecule has 0 aliphatic carbocycles. The Morgan fingerprint density at radius 1 is 0.700 bits per heavy atom. The average Bonchev–Trinajstić information content (AvgIpc) is 2.78. The van der Waals surface area contributed by atoms with Crippen LogP contribution in [0.25, 0.3) is 0 Å². The van der Waals surface area contributed by atoms with Crippen molar-refractivity contribution in [2.45, 2.75) is 6.92 Å². The number of ether oxygens (including phenoxy) is 1. The molecule has 30 heavy (non-hydrogen) atoms. The van der Waals surface area contributed by atoms with E-state index in [4.69, 9.17) is 4.74 Å². The predicted molar refractivity (Wildman–Crippen MR) is 114 cm³/mol. The molecule has 0 saturated heterocycles. The molecule has 7 heteroatoms. The number of hydrazine groups is 1. The van der Waals surface area contributed by atoms with Gasteiger partial charge in [-0.05, 0) is 61.5 Å². The lowest BCUT2D eigenvalue weighted by Gasteiger charge is -2.10. The number of amides is 3. The second-order valence-electron chi connectivity index (χ2n) is 6.54. The molecule has 0 aliphatic heterocycles. The number of hydrogen-bond donors (Lipinski definition) is 3. The van der Waals surface area contributed by atoms with Gasteiger partial charge >= 0.3 is 0 Å². The van der Waals surface area contributed by atoms with E-state index in [9.17, 15) is 14.4 Å². The second kappa shape index (κ2) is 9.38. The maximum absolute atomic E-state index is 12.4. The molecule has 0 saturated carbocycles. The number of anilines is 1. The summed E-state index contributed by atoms with van der Waals surface area (Å²) in [6, 6.07) is 20.1. The van der Waals surface area contributed by atoms with Gasteiger partial charge in [0.1, 0.15) is 5.75 Å². The molecule has 0 atom stereocenters. The smallest absolute Gasteiger partial charge is 0.269 e. The largest absolute Gasteiger partial charge is 0.497 e. The van der Waals surface area contributed by atoms with Crippen LogP contribution in [-0.2, 0) is 0 Å². The lowest BCUT2D eigenvalue weighted by atomic mass is 10.1. The van der Waals surface area contributed by atoms with Gasteiger partial charge in [-0.3, -0.25) is 25.2 Å². The Bertz CT molecular complexity index is 1060. The summed E-state index contributed by atoms with van der Waals surface area (Å²) in [5.41, 5.74) is 7.42. The van der Waals surface area contributed by atoms with Crippen molar-refractivity contribution in [3.63, 3.8) is 0 Å². The van der Waals surface area contributed by atoms with Crippen molar-refractivity contribution in [3.05, 3.63) is 95.1 Å². The highest BCUT2D eigenvalue weighted by molar-refractivity contribution is 6.05. The topological polar surface area (TPSA) is 96.5 Å². The van der Waals surface area contributed by atoms with Gasteiger partial charge in [-0.1, -0.05) is 23.8 Å². The van der Waals surface area contributed by atoms with E-state index >= 15 is 0 Å². The van der Waals surface area contributed by atoms with Crippen molar-refractivity contribution in [2.24, 2.45) is 0 Å². The van der Waals surface area contributed by atoms with Gasteiger partial charge in [0, 0.05) is 22.4 Å². The zero-order valence-electron chi connectivity index (χ0n) is 16.6. The minimum absolute atomic E-state index is 0.277. The highest BCUT2D eigenvalue weighted by Crippen LogP contribution is 2.13. The van der Waals surface area contributed by atoms with Gasteiger partial charge in [0.15, 0.2) is 0 Å². The first-order valence-electron chi connectivity index (χ1n) is 9.19. The SMILES string of the molecule is COc1ccc(C(=O)NNC(=O)c2cccc(NC(=O)c3ccc(C)cc3)c2)cc1. The van der Waals surface area contributed by atoms with Crippen LogP contribution >= 0.6 is 0 Å². The Balaban J connectivity index is 1.60. The molecule has 0 fully saturated rings. The summed E-state index contributed by atoms with van der Waals surface area (Å²) < 4.78 is 5.05. The van der Waals surface area contributed by atoms with Gasteiger partial charge in [-0.25, -0.2) is 0 Å². The van der Waals surface area contributed by atoms with Gasteiger partial charge in [0.25, 0.3) is 17.7 Å². The van der Waals surface area contributed by atoms with E-state index in [1.165, 1.54) is 13.2 Å². The third-order valence-electron chi connectivity index (χ3n) is 4.34. The summed E-state index contributed by atoms with van der Waals surface area (Å²) in [5, 5.41) is 2.76. The molecule has 0 spiro atoms. The number of nitrogens with one attached hydrogen (secondary N) is 3. The van der Waals surface area contributed by atoms with Crippen molar-refractivity contribution in [3.8, 4) is 5.75 Å². The predicted octanol–water partition coefficient (Wildman–Crippen LogP) is 3.33. The summed E-state index contributed by atoms with van der Waals surface area (Å²) >= 11 is 0. The third kappa shape index (κ3) is 5.23. The Morgan fingerprint density at radius 2 is 1.27 bits per heavy atom. The second-order valence-corrected chi connectivity index (χ2v) is 6.54. The summed E-state index contributed by atoms with van der Waals surface area (Å²) in [5.74, 6) is -0.626. The molecule has 3 amide bonds. The molecule has 0 radical (unpaired) electrons. The van der Waals surface area contributed by atoms with Crippen LogP contribution in [-0.4, -0.2) is 24.8 Å². The average molecular weight is 403 g/mol. The van der Waals surface area contributed by atoms with Crippen molar-refractivity contribution < 1.29 is 19.1 Å². The highest BCUT2D eigenvalue weighted by Gasteiger charge is 2.11. The fourth-order valence-corrected chi connectivity index (χ4v) is 2.65. The summed E-state index contributed by atoms with van der Waals surface area (Å²) in [4.78, 5) is 36.9. The molecule has 3 rings (SSSR count). The van der Waals surface area contributed by atoms with Crippen LogP contribution in [0.3, 0.4) is 0 Å². The molecule has 0 bridgehead atoms. The Labute approximate surface area is 174 Å². The van der Waals surface area contributed by atoms with E-state index in [2.05, 4.69) is 16.2 Å². The van der Waals surface area contributed by atoms with Crippen molar-refractivity contribution in [1.29, 1.82) is 0 Å². The Hall–Kier alpha value is -4.13. The zero-order valence-corrected chi connectivity index (χ0v) is 16.6. The monoisotopic (exact) mass is 403 g/mol. The van der Waals surface area contributed by atoms with Crippen LogP contribution in [0, 0.1) is 6.92 Å². The molecule has 0 aromatic heterocycles. The van der Waals surface area contributed by atoms with Gasteiger partial charge < -0.3 is 10.1 Å². The van der Waals surface area contributed by atoms with E-state index in [1.54, 1.807) is 54.6 Å². The molecule has 0 heterocycles. The fourth-order valence-electron chi connectivity index (χ4n) is 2.65. The quantitative estimate of drug-likeness (QED) is 0.570. The summed E-state index contributed by atoms with van der Waals surface area (Å²) in [6.45, 7) is 1.94. The Morgan fingerprint density at radius 3 is 1.90 bits per heavy atom. The fraction of sp³-hybridized carbons (Fsp3) is 0.0870. The lowest BCUT2D eigenvalue weighted by Crippen LogP contribution is -2.41. The standard InChI is InChI=1S/C23H21N3O4/c1-15-6-8-16(9-7-15)21(27)24-19-5-3-4-18(14-19)23(29)26-25-22(28)17-10-12-20(30-2)13-11-17/h3-14H,1-2H3,(H,24,27)(H,25,28)(H,26,29). The molecule has 0 unspecified atom stereocenters. The van der Waals surface area contributed by atoms with Gasteiger partial charge in [0.2, 0.25) is 0 Å². The van der Waals surface area contributed by atoms with E-state index in [0.717, 1.165) is 5.56 Å². The van der Waals surface area contributed by atoms with E-state index in [-0.39, 0.29) is 11.5 Å². The lowest BCUT2D eigenvalue weighted by molar-refractivity contribution is 0.0846. The number of hydrogen-bond acceptors (Lipinski definition) is 4. The zero-order chi connectivity index (χ0) is 21.5. The Kier molecular flexibility index (Phi) is 6.44. The first kappa shape index (κ1) is 20.6. The molecule has 0 aliphatic rings. The van der Waals surface area contributed by atoms with Crippen molar-refractivity contribution in [1.82, 2.24) is 10.9 Å². The number of aryl methyl sites for hydroxylation is 1. The minimum Gasteiger partial charge on any atom is -0.497 e. The third-order valence-corrected chi connectivity index (χ3v) is 4.34. The molecular formula is C23H21N3O4. The van der Waals surface area contributed by atoms with Crippen LogP contribution in [0.2, 0.25) is 0 Å². The van der Waals surface area contributed by atoms with Crippen LogP contribution in [0.4, 0.5) is 5.69 Å². The summed E-state index contributed by atoms with van der Waals surface area (Å²) in [7, 11) is 1.53. The van der Waals surface area contributed by atoms with Gasteiger partial charge in [0.05, 0.1) is 7.11 Å². The maximum Gasteiger partial charge on any atom is 0.269 e. The normalized spacial score (nSPS) is 10.1. The van der Waals surface area contributed by atoms with Crippen LogP contribution in [0.1, 0.15) is 36.6 Å². The molecule has 3 N–H and O–H groups in total. The van der Waals surface area contributed by atoms with Gasteiger partial charge in [-0.15, -0.1) is 0 Å². The number of carbonyl (C=O) groups is 3. The molecule has 3 aromatic rings. The number of rotatable bonds is 5. The number of carbonyl (C=O) groups excluding carboxylic acids is 3. The van der Waals surface area contributed by atoms with Crippen LogP contribution in [0.5, 0.6) is 5.75 Å². The number of benzene rings is 3. The van der Waals surface area contributed by atoms with Crippen molar-refractivity contribution in [2.75, 3.05) is 12.4 Å². The highest BCUT2D eigenvalue weighted by atomic mass is 16.5. The maximum atomic E-state index is 12.4. The van der Waals surface area contributed by atoms with E-state index < -0.39 is 11.8 Å². The first-order valence-corrected chi connectivity index (χ1v) is 9.19. The molecule has 7 nitrogen and oxygen atoms in total. The molecule has 152 valence electrons. The number of methoxy groups -OCH3 is 1. The molecular weight excluding hydrogens is 382 g/mol. The first-order chi connectivity index (χ1) is 14.5. The van der Waals surface area contributed by atoms with E-state index in [0.29, 0.717) is 22.6 Å².